The zero-order chi connectivity index (χ0) is 17.5. The molecular formula is C17H24N4O2S. The molecule has 1 saturated carbocycles. The number of nitrogens with zero attached hydrogens (tertiary/aromatic N) is 4. The van der Waals surface area contributed by atoms with Crippen molar-refractivity contribution in [3.05, 3.63) is 22.9 Å². The van der Waals surface area contributed by atoms with E-state index in [1.807, 2.05) is 19.9 Å². The van der Waals surface area contributed by atoms with Crippen LogP contribution in [0.3, 0.4) is 0 Å². The van der Waals surface area contributed by atoms with Gasteiger partial charge in [0, 0.05) is 31.9 Å². The molecule has 24 heavy (non-hydrogen) atoms. The van der Waals surface area contributed by atoms with Crippen molar-refractivity contribution < 1.29 is 8.42 Å². The number of hydrogen-bond donors (Lipinski definition) is 0. The van der Waals surface area contributed by atoms with Crippen molar-refractivity contribution in [1.29, 1.82) is 5.26 Å². The second-order valence-corrected chi connectivity index (χ2v) is 9.17. The third-order valence-electron chi connectivity index (χ3n) is 4.99. The third kappa shape index (κ3) is 3.13. The minimum absolute atomic E-state index is 0.0569. The lowest BCUT2D eigenvalue weighted by Crippen LogP contribution is -2.49. The van der Waals surface area contributed by atoms with E-state index < -0.39 is 10.0 Å². The molecule has 1 aliphatic heterocycles. The summed E-state index contributed by atoms with van der Waals surface area (Å²) in [6.45, 7) is 5.23. The Morgan fingerprint density at radius 3 is 2.67 bits per heavy atom. The van der Waals surface area contributed by atoms with Crippen LogP contribution in [0.1, 0.15) is 42.5 Å². The van der Waals surface area contributed by atoms with Crippen LogP contribution < -0.4 is 4.90 Å². The monoisotopic (exact) mass is 348 g/mol. The number of likely N-dealkylation sites (N-methyl/N-ethyl adjacent to an activating group) is 1. The molecule has 0 amide bonds. The molecule has 7 heteroatoms. The molecule has 3 rings (SSSR count). The van der Waals surface area contributed by atoms with Crippen LogP contribution >= 0.6 is 0 Å². The van der Waals surface area contributed by atoms with Crippen molar-refractivity contribution in [2.45, 2.75) is 50.8 Å². The Hall–Kier alpha value is -1.65. The minimum Gasteiger partial charge on any atom is -0.354 e. The molecule has 0 N–H and O–H groups in total. The van der Waals surface area contributed by atoms with E-state index in [2.05, 4.69) is 16.0 Å². The number of hydrogen-bond acceptors (Lipinski definition) is 5. The first-order chi connectivity index (χ1) is 11.3. The minimum atomic E-state index is -3.18. The maximum absolute atomic E-state index is 12.5. The number of aryl methyl sites for hydroxylation is 2. The average molecular weight is 348 g/mol. The van der Waals surface area contributed by atoms with Gasteiger partial charge in [-0.25, -0.2) is 13.4 Å². The fourth-order valence-electron chi connectivity index (χ4n) is 3.44. The van der Waals surface area contributed by atoms with E-state index in [-0.39, 0.29) is 11.3 Å². The van der Waals surface area contributed by atoms with Crippen LogP contribution in [0.25, 0.3) is 0 Å². The van der Waals surface area contributed by atoms with Crippen LogP contribution in [-0.4, -0.2) is 49.1 Å². The lowest BCUT2D eigenvalue weighted by Gasteiger charge is -2.38. The summed E-state index contributed by atoms with van der Waals surface area (Å²) in [5.41, 5.74) is 2.39. The largest absolute Gasteiger partial charge is 0.354 e. The molecule has 0 radical (unpaired) electrons. The molecule has 1 atom stereocenters. The number of piperidine rings is 1. The van der Waals surface area contributed by atoms with Gasteiger partial charge in [-0.3, -0.25) is 0 Å². The number of pyridine rings is 1. The number of anilines is 1. The van der Waals surface area contributed by atoms with E-state index in [1.165, 1.54) is 0 Å². The van der Waals surface area contributed by atoms with Crippen LogP contribution in [0.15, 0.2) is 6.07 Å². The molecule has 1 aromatic rings. The number of rotatable bonds is 4. The normalized spacial score (nSPS) is 21.8. The fraction of sp³-hybridized carbons (Fsp3) is 0.647. The standard InChI is InChI=1S/C17H24N4O2S/c1-12-9-13(2)19-17(16(12)10-18)21-8-4-5-14(11-21)20(3)24(22,23)15-6-7-15/h9,14-15H,4-8,11H2,1-3H3. The van der Waals surface area contributed by atoms with Crippen LogP contribution in [0.4, 0.5) is 5.82 Å². The second-order valence-electron chi connectivity index (χ2n) is 6.89. The van der Waals surface area contributed by atoms with Gasteiger partial charge in [-0.05, 0) is 51.2 Å². The lowest BCUT2D eigenvalue weighted by molar-refractivity contribution is 0.319. The van der Waals surface area contributed by atoms with E-state index in [0.29, 0.717) is 17.9 Å². The molecule has 1 aliphatic carbocycles. The van der Waals surface area contributed by atoms with E-state index in [9.17, 15) is 13.7 Å². The van der Waals surface area contributed by atoms with Crippen molar-refractivity contribution in [1.82, 2.24) is 9.29 Å². The number of aromatic nitrogens is 1. The van der Waals surface area contributed by atoms with Gasteiger partial charge in [0.2, 0.25) is 10.0 Å². The molecule has 1 aromatic heterocycles. The Bertz CT molecular complexity index is 781. The van der Waals surface area contributed by atoms with Crippen molar-refractivity contribution in [3.63, 3.8) is 0 Å². The summed E-state index contributed by atoms with van der Waals surface area (Å²) in [4.78, 5) is 6.64. The molecule has 2 aliphatic rings. The molecule has 1 saturated heterocycles. The number of sulfonamides is 1. The maximum Gasteiger partial charge on any atom is 0.217 e. The molecule has 130 valence electrons. The Labute approximate surface area is 144 Å². The van der Waals surface area contributed by atoms with Crippen molar-refractivity contribution in [2.24, 2.45) is 0 Å². The maximum atomic E-state index is 12.5. The van der Waals surface area contributed by atoms with Gasteiger partial charge in [0.05, 0.1) is 10.8 Å². The van der Waals surface area contributed by atoms with Gasteiger partial charge < -0.3 is 4.90 Å². The van der Waals surface area contributed by atoms with E-state index in [4.69, 9.17) is 0 Å². The molecular weight excluding hydrogens is 324 g/mol. The summed E-state index contributed by atoms with van der Waals surface area (Å²) in [5, 5.41) is 9.30. The third-order valence-corrected chi connectivity index (χ3v) is 7.41. The van der Waals surface area contributed by atoms with Crippen molar-refractivity contribution >= 4 is 15.8 Å². The van der Waals surface area contributed by atoms with Gasteiger partial charge >= 0.3 is 0 Å². The highest BCUT2D eigenvalue weighted by molar-refractivity contribution is 7.90. The first-order valence-electron chi connectivity index (χ1n) is 8.44. The first kappa shape index (κ1) is 17.2. The SMILES string of the molecule is Cc1cc(C)c(C#N)c(N2CCCC(N(C)S(=O)(=O)C3CC3)C2)n1. The highest BCUT2D eigenvalue weighted by Gasteiger charge is 2.42. The van der Waals surface area contributed by atoms with Crippen LogP contribution in [0.5, 0.6) is 0 Å². The first-order valence-corrected chi connectivity index (χ1v) is 9.95. The van der Waals surface area contributed by atoms with E-state index >= 15 is 0 Å². The van der Waals surface area contributed by atoms with Gasteiger partial charge in [-0.1, -0.05) is 0 Å². The van der Waals surface area contributed by atoms with Gasteiger partial charge in [0.15, 0.2) is 0 Å². The molecule has 2 heterocycles. The van der Waals surface area contributed by atoms with Crippen LogP contribution in [-0.2, 0) is 10.0 Å². The highest BCUT2D eigenvalue weighted by Crippen LogP contribution is 2.33. The van der Waals surface area contributed by atoms with Gasteiger partial charge in [-0.2, -0.15) is 9.57 Å². The van der Waals surface area contributed by atoms with Gasteiger partial charge in [0.1, 0.15) is 11.9 Å². The summed E-state index contributed by atoms with van der Waals surface area (Å²) < 4.78 is 26.6. The Morgan fingerprint density at radius 1 is 1.33 bits per heavy atom. The number of nitriles is 1. The predicted octanol–water partition coefficient (Wildman–Crippen LogP) is 1.96. The summed E-state index contributed by atoms with van der Waals surface area (Å²) >= 11 is 0. The Kier molecular flexibility index (Phi) is 4.54. The fourth-order valence-corrected chi connectivity index (χ4v) is 5.23. The lowest BCUT2D eigenvalue weighted by atomic mass is 10.0. The smallest absolute Gasteiger partial charge is 0.217 e. The molecule has 1 unspecified atom stereocenters. The molecule has 6 nitrogen and oxygen atoms in total. The Balaban J connectivity index is 1.85. The Morgan fingerprint density at radius 2 is 2.04 bits per heavy atom. The summed E-state index contributed by atoms with van der Waals surface area (Å²) in [5.74, 6) is 0.692. The zero-order valence-electron chi connectivity index (χ0n) is 14.5. The van der Waals surface area contributed by atoms with Crippen molar-refractivity contribution in [2.75, 3.05) is 25.0 Å². The molecule has 0 bridgehead atoms. The molecule has 0 spiro atoms. The average Bonchev–Trinajstić information content (AvgIpc) is 3.39. The molecule has 2 fully saturated rings. The van der Waals surface area contributed by atoms with Crippen LogP contribution in [0.2, 0.25) is 0 Å². The predicted molar refractivity (Wildman–Crippen MR) is 93.4 cm³/mol. The highest BCUT2D eigenvalue weighted by atomic mass is 32.2. The van der Waals surface area contributed by atoms with Gasteiger partial charge in [-0.15, -0.1) is 0 Å². The van der Waals surface area contributed by atoms with Crippen LogP contribution in [0, 0.1) is 25.2 Å². The topological polar surface area (TPSA) is 77.3 Å². The zero-order valence-corrected chi connectivity index (χ0v) is 15.3. The second kappa shape index (κ2) is 6.34. The van der Waals surface area contributed by atoms with E-state index in [0.717, 1.165) is 43.5 Å². The van der Waals surface area contributed by atoms with E-state index in [1.54, 1.807) is 11.4 Å². The summed E-state index contributed by atoms with van der Waals surface area (Å²) in [6, 6.07) is 4.11. The van der Waals surface area contributed by atoms with Crippen molar-refractivity contribution in [3.8, 4) is 6.07 Å². The molecule has 0 aromatic carbocycles. The quantitative estimate of drug-likeness (QED) is 0.831. The summed E-state index contributed by atoms with van der Waals surface area (Å²) in [7, 11) is -1.49. The summed E-state index contributed by atoms with van der Waals surface area (Å²) in [6.07, 6.45) is 3.31. The van der Waals surface area contributed by atoms with Gasteiger partial charge in [0.25, 0.3) is 0 Å².